The number of benzene rings is 2. The first-order valence-electron chi connectivity index (χ1n) is 11.2. The van der Waals surface area contributed by atoms with E-state index in [9.17, 15) is 22.4 Å². The van der Waals surface area contributed by atoms with Gasteiger partial charge >= 0.3 is 6.18 Å². The standard InChI is InChI=1S/C25H21F4N5O2/c26-17-5-6-19(25(27,28)29)21(12-17)34(24(35)18-2-1-3-20-23(18)32-15-31-20)22-7-4-16(13-30-22)14-33-8-10-36-11-9-33/h1-7,12-13,15H,8-11,14H2,(H,31,32). The number of fused-ring (bicyclic) bond motifs is 1. The van der Waals surface area contributed by atoms with Gasteiger partial charge in [0.15, 0.2) is 0 Å². The highest BCUT2D eigenvalue weighted by atomic mass is 19.4. The second-order valence-corrected chi connectivity index (χ2v) is 8.32. The molecule has 1 N–H and O–H groups in total. The van der Waals surface area contributed by atoms with Crippen molar-refractivity contribution in [2.45, 2.75) is 12.7 Å². The number of para-hydroxylation sites is 1. The number of nitrogens with one attached hydrogen (secondary N) is 1. The summed E-state index contributed by atoms with van der Waals surface area (Å²) in [7, 11) is 0. The number of imidazole rings is 1. The fourth-order valence-electron chi connectivity index (χ4n) is 4.18. The topological polar surface area (TPSA) is 74.4 Å². The van der Waals surface area contributed by atoms with Crippen LogP contribution in [0.25, 0.3) is 11.0 Å². The highest BCUT2D eigenvalue weighted by molar-refractivity contribution is 6.16. The molecule has 1 saturated heterocycles. The van der Waals surface area contributed by atoms with Gasteiger partial charge in [0.1, 0.15) is 17.2 Å². The normalized spacial score (nSPS) is 14.8. The highest BCUT2D eigenvalue weighted by Gasteiger charge is 2.37. The molecule has 0 bridgehead atoms. The number of alkyl halides is 3. The Morgan fingerprint density at radius 1 is 1.08 bits per heavy atom. The van der Waals surface area contributed by atoms with Gasteiger partial charge in [-0.2, -0.15) is 13.2 Å². The van der Waals surface area contributed by atoms with Crippen molar-refractivity contribution in [1.29, 1.82) is 0 Å². The van der Waals surface area contributed by atoms with Crippen LogP contribution >= 0.6 is 0 Å². The van der Waals surface area contributed by atoms with Gasteiger partial charge < -0.3 is 9.72 Å². The number of morpholine rings is 1. The van der Waals surface area contributed by atoms with E-state index in [-0.39, 0.29) is 16.9 Å². The smallest absolute Gasteiger partial charge is 0.379 e. The third-order valence-corrected chi connectivity index (χ3v) is 5.94. The lowest BCUT2D eigenvalue weighted by Crippen LogP contribution is -2.35. The van der Waals surface area contributed by atoms with Crippen LogP contribution in [0.1, 0.15) is 21.5 Å². The molecular formula is C25H21F4N5O2. The van der Waals surface area contributed by atoms with Crippen LogP contribution in [-0.2, 0) is 17.5 Å². The molecule has 7 nitrogen and oxygen atoms in total. The van der Waals surface area contributed by atoms with E-state index in [2.05, 4.69) is 19.9 Å². The van der Waals surface area contributed by atoms with E-state index in [0.717, 1.165) is 23.6 Å². The molecule has 0 aliphatic carbocycles. The lowest BCUT2D eigenvalue weighted by molar-refractivity contribution is -0.137. The number of anilines is 2. The van der Waals surface area contributed by atoms with Crippen molar-refractivity contribution in [3.63, 3.8) is 0 Å². The van der Waals surface area contributed by atoms with Crippen LogP contribution in [0.15, 0.2) is 61.1 Å². The monoisotopic (exact) mass is 499 g/mol. The molecule has 2 aromatic carbocycles. The van der Waals surface area contributed by atoms with Gasteiger partial charge in [0.25, 0.3) is 5.91 Å². The molecule has 1 amide bonds. The van der Waals surface area contributed by atoms with Crippen LogP contribution in [0, 0.1) is 5.82 Å². The fraction of sp³-hybridized carbons (Fsp3) is 0.240. The zero-order valence-corrected chi connectivity index (χ0v) is 18.9. The summed E-state index contributed by atoms with van der Waals surface area (Å²) in [5.74, 6) is -1.82. The highest BCUT2D eigenvalue weighted by Crippen LogP contribution is 2.40. The van der Waals surface area contributed by atoms with E-state index in [1.54, 1.807) is 18.2 Å². The van der Waals surface area contributed by atoms with Crippen LogP contribution in [0.3, 0.4) is 0 Å². The number of halogens is 4. The molecule has 1 aliphatic rings. The largest absolute Gasteiger partial charge is 0.418 e. The molecule has 0 atom stereocenters. The van der Waals surface area contributed by atoms with Gasteiger partial charge in [0.2, 0.25) is 0 Å². The quantitative estimate of drug-likeness (QED) is 0.395. The van der Waals surface area contributed by atoms with E-state index < -0.39 is 29.2 Å². The van der Waals surface area contributed by atoms with E-state index >= 15 is 0 Å². The predicted octanol–water partition coefficient (Wildman–Crippen LogP) is 4.93. The van der Waals surface area contributed by atoms with Crippen LogP contribution in [0.2, 0.25) is 0 Å². The summed E-state index contributed by atoms with van der Waals surface area (Å²) >= 11 is 0. The maximum absolute atomic E-state index is 14.2. The molecule has 1 aliphatic heterocycles. The van der Waals surface area contributed by atoms with Crippen LogP contribution < -0.4 is 4.90 Å². The lowest BCUT2D eigenvalue weighted by Gasteiger charge is -2.27. The summed E-state index contributed by atoms with van der Waals surface area (Å²) in [5, 5.41) is 0. The minimum Gasteiger partial charge on any atom is -0.379 e. The van der Waals surface area contributed by atoms with Gasteiger partial charge in [0, 0.05) is 25.8 Å². The molecule has 0 radical (unpaired) electrons. The molecule has 0 saturated carbocycles. The Morgan fingerprint density at radius 2 is 1.89 bits per heavy atom. The summed E-state index contributed by atoms with van der Waals surface area (Å²) in [4.78, 5) is 28.1. The van der Waals surface area contributed by atoms with Gasteiger partial charge in [-0.05, 0) is 42.0 Å². The van der Waals surface area contributed by atoms with E-state index in [1.807, 2.05) is 0 Å². The number of ether oxygens (including phenoxy) is 1. The second-order valence-electron chi connectivity index (χ2n) is 8.32. The van der Waals surface area contributed by atoms with Crippen molar-refractivity contribution in [1.82, 2.24) is 19.9 Å². The molecule has 36 heavy (non-hydrogen) atoms. The number of pyridine rings is 1. The Hall–Kier alpha value is -3.83. The number of hydrogen-bond donors (Lipinski definition) is 1. The summed E-state index contributed by atoms with van der Waals surface area (Å²) in [6.45, 7) is 3.31. The zero-order valence-electron chi connectivity index (χ0n) is 18.9. The molecule has 11 heteroatoms. The number of carbonyl (C=O) groups excluding carboxylic acids is 1. The van der Waals surface area contributed by atoms with E-state index in [1.165, 1.54) is 24.7 Å². The SMILES string of the molecule is O=C(c1cccc2[nH]cnc12)N(c1ccc(CN2CCOCC2)cn1)c1cc(F)ccc1C(F)(F)F. The summed E-state index contributed by atoms with van der Waals surface area (Å²) in [5.41, 5.74) is -0.145. The summed E-state index contributed by atoms with van der Waals surface area (Å²) < 4.78 is 61.4. The van der Waals surface area contributed by atoms with Crippen molar-refractivity contribution in [3.8, 4) is 0 Å². The number of H-pyrrole nitrogens is 1. The zero-order chi connectivity index (χ0) is 25.3. The first-order chi connectivity index (χ1) is 17.3. The molecule has 1 fully saturated rings. The predicted molar refractivity (Wildman–Crippen MR) is 124 cm³/mol. The fourth-order valence-corrected chi connectivity index (χ4v) is 4.18. The van der Waals surface area contributed by atoms with Crippen molar-refractivity contribution >= 4 is 28.4 Å². The number of carbonyl (C=O) groups is 1. The number of nitrogens with zero attached hydrogens (tertiary/aromatic N) is 4. The van der Waals surface area contributed by atoms with Gasteiger partial charge in [-0.3, -0.25) is 14.6 Å². The number of aromatic nitrogens is 3. The molecule has 5 rings (SSSR count). The average molecular weight is 499 g/mol. The second kappa shape index (κ2) is 9.67. The Labute approximate surface area is 203 Å². The van der Waals surface area contributed by atoms with Gasteiger partial charge in [0.05, 0.1) is 41.9 Å². The molecule has 0 spiro atoms. The van der Waals surface area contributed by atoms with Crippen molar-refractivity contribution < 1.29 is 27.1 Å². The van der Waals surface area contributed by atoms with E-state index in [4.69, 9.17) is 4.74 Å². The lowest BCUT2D eigenvalue weighted by atomic mass is 10.1. The average Bonchev–Trinajstić information content (AvgIpc) is 3.34. The summed E-state index contributed by atoms with van der Waals surface area (Å²) in [6, 6.07) is 9.90. The third kappa shape index (κ3) is 4.79. The molecule has 186 valence electrons. The minimum absolute atomic E-state index is 0.0466. The van der Waals surface area contributed by atoms with Gasteiger partial charge in [-0.25, -0.2) is 14.4 Å². The Balaban J connectivity index is 1.60. The first kappa shape index (κ1) is 23.9. The minimum atomic E-state index is -4.84. The Bertz CT molecular complexity index is 1380. The van der Waals surface area contributed by atoms with Gasteiger partial charge in [-0.15, -0.1) is 0 Å². The molecule has 3 heterocycles. The van der Waals surface area contributed by atoms with Crippen LogP contribution in [-0.4, -0.2) is 52.1 Å². The maximum Gasteiger partial charge on any atom is 0.418 e. The van der Waals surface area contributed by atoms with Crippen molar-refractivity contribution in [3.05, 3.63) is 83.6 Å². The number of aromatic amines is 1. The van der Waals surface area contributed by atoms with Crippen molar-refractivity contribution in [2.75, 3.05) is 31.2 Å². The molecule has 2 aromatic heterocycles. The molecule has 0 unspecified atom stereocenters. The maximum atomic E-state index is 14.2. The van der Waals surface area contributed by atoms with Crippen molar-refractivity contribution in [2.24, 2.45) is 0 Å². The number of hydrogen-bond acceptors (Lipinski definition) is 5. The molecular weight excluding hydrogens is 478 g/mol. The number of amides is 1. The number of rotatable bonds is 5. The Morgan fingerprint density at radius 3 is 2.61 bits per heavy atom. The molecule has 4 aromatic rings. The Kier molecular flexibility index (Phi) is 6.42. The third-order valence-electron chi connectivity index (χ3n) is 5.94. The van der Waals surface area contributed by atoms with Crippen LogP contribution in [0.5, 0.6) is 0 Å². The first-order valence-corrected chi connectivity index (χ1v) is 11.2. The van der Waals surface area contributed by atoms with Gasteiger partial charge in [-0.1, -0.05) is 12.1 Å². The summed E-state index contributed by atoms with van der Waals surface area (Å²) in [6.07, 6.45) is -1.95. The van der Waals surface area contributed by atoms with Crippen LogP contribution in [0.4, 0.5) is 29.1 Å². The van der Waals surface area contributed by atoms with E-state index in [0.29, 0.717) is 43.5 Å².